The van der Waals surface area contributed by atoms with Crippen LogP contribution in [0.15, 0.2) is 11.4 Å². The molecule has 2 atom stereocenters. The number of thiophene rings is 1. The standard InChI is InChI=1S/C13H17N3O2S/c1-9-2-4-16(11(9)8-17)7-12(18)15-13-10(6-14)3-5-19-13/h3,5,9,11,17H,2,4,7-8H2,1H3,(H,15,18). The molecule has 1 aliphatic rings. The predicted molar refractivity (Wildman–Crippen MR) is 73.9 cm³/mol. The van der Waals surface area contributed by atoms with Gasteiger partial charge in [-0.15, -0.1) is 11.3 Å². The van der Waals surface area contributed by atoms with Crippen LogP contribution in [0.5, 0.6) is 0 Å². The van der Waals surface area contributed by atoms with Gasteiger partial charge in [0.05, 0.1) is 18.7 Å². The van der Waals surface area contributed by atoms with Gasteiger partial charge >= 0.3 is 0 Å². The summed E-state index contributed by atoms with van der Waals surface area (Å²) in [6.45, 7) is 3.26. The molecule has 5 nitrogen and oxygen atoms in total. The van der Waals surface area contributed by atoms with Crippen LogP contribution in [-0.2, 0) is 4.79 Å². The van der Waals surface area contributed by atoms with E-state index < -0.39 is 0 Å². The molecule has 0 bridgehead atoms. The molecule has 1 aromatic heterocycles. The fourth-order valence-electron chi connectivity index (χ4n) is 2.42. The van der Waals surface area contributed by atoms with Crippen LogP contribution in [0.2, 0.25) is 0 Å². The Balaban J connectivity index is 1.93. The minimum Gasteiger partial charge on any atom is -0.395 e. The van der Waals surface area contributed by atoms with Gasteiger partial charge in [0.25, 0.3) is 0 Å². The highest BCUT2D eigenvalue weighted by Gasteiger charge is 2.31. The van der Waals surface area contributed by atoms with Crippen molar-refractivity contribution in [3.8, 4) is 6.07 Å². The van der Waals surface area contributed by atoms with Crippen molar-refractivity contribution in [2.75, 3.05) is 25.0 Å². The molecular formula is C13H17N3O2S. The zero-order chi connectivity index (χ0) is 13.8. The number of hydrogen-bond donors (Lipinski definition) is 2. The summed E-state index contributed by atoms with van der Waals surface area (Å²) in [5.41, 5.74) is 0.492. The van der Waals surface area contributed by atoms with E-state index in [9.17, 15) is 9.90 Å². The quantitative estimate of drug-likeness (QED) is 0.870. The number of amides is 1. The zero-order valence-corrected chi connectivity index (χ0v) is 11.6. The highest BCUT2D eigenvalue weighted by molar-refractivity contribution is 7.14. The van der Waals surface area contributed by atoms with Gasteiger partial charge in [0.15, 0.2) is 0 Å². The lowest BCUT2D eigenvalue weighted by Crippen LogP contribution is -2.40. The first-order valence-corrected chi connectivity index (χ1v) is 7.16. The van der Waals surface area contributed by atoms with Crippen molar-refractivity contribution in [1.82, 2.24) is 4.90 Å². The molecular weight excluding hydrogens is 262 g/mol. The highest BCUT2D eigenvalue weighted by Crippen LogP contribution is 2.24. The third-order valence-corrected chi connectivity index (χ3v) is 4.40. The Labute approximate surface area is 116 Å². The van der Waals surface area contributed by atoms with Gasteiger partial charge in [-0.25, -0.2) is 0 Å². The lowest BCUT2D eigenvalue weighted by molar-refractivity contribution is -0.117. The smallest absolute Gasteiger partial charge is 0.239 e. The highest BCUT2D eigenvalue weighted by atomic mass is 32.1. The number of anilines is 1. The molecule has 6 heteroatoms. The summed E-state index contributed by atoms with van der Waals surface area (Å²) in [7, 11) is 0. The SMILES string of the molecule is CC1CCN(CC(=O)Nc2sccc2C#N)C1CO. The summed E-state index contributed by atoms with van der Waals surface area (Å²) in [5, 5.41) is 23.4. The molecule has 0 aliphatic carbocycles. The van der Waals surface area contributed by atoms with Crippen molar-refractivity contribution in [2.24, 2.45) is 5.92 Å². The van der Waals surface area contributed by atoms with E-state index in [2.05, 4.69) is 12.2 Å². The maximum Gasteiger partial charge on any atom is 0.239 e. The van der Waals surface area contributed by atoms with Gasteiger partial charge in [0.2, 0.25) is 5.91 Å². The molecule has 2 unspecified atom stereocenters. The molecule has 102 valence electrons. The van der Waals surface area contributed by atoms with E-state index in [1.807, 2.05) is 11.0 Å². The molecule has 0 saturated carbocycles. The van der Waals surface area contributed by atoms with Gasteiger partial charge in [-0.3, -0.25) is 9.69 Å². The second-order valence-electron chi connectivity index (χ2n) is 4.81. The third-order valence-electron chi connectivity index (χ3n) is 3.57. The summed E-state index contributed by atoms with van der Waals surface area (Å²) >= 11 is 1.35. The summed E-state index contributed by atoms with van der Waals surface area (Å²) in [6.07, 6.45) is 1.00. The van der Waals surface area contributed by atoms with E-state index in [0.29, 0.717) is 16.5 Å². The molecule has 1 amide bonds. The van der Waals surface area contributed by atoms with Crippen molar-refractivity contribution in [1.29, 1.82) is 5.26 Å². The van der Waals surface area contributed by atoms with Gasteiger partial charge in [-0.2, -0.15) is 5.26 Å². The molecule has 2 rings (SSSR count). The van der Waals surface area contributed by atoms with Crippen molar-refractivity contribution < 1.29 is 9.90 Å². The molecule has 1 saturated heterocycles. The Kier molecular flexibility index (Phi) is 4.53. The molecule has 1 aliphatic heterocycles. The number of rotatable bonds is 4. The molecule has 19 heavy (non-hydrogen) atoms. The zero-order valence-electron chi connectivity index (χ0n) is 10.8. The predicted octanol–water partition coefficient (Wildman–Crippen LogP) is 1.26. The molecule has 0 aromatic carbocycles. The molecule has 1 fully saturated rings. The lowest BCUT2D eigenvalue weighted by atomic mass is 10.0. The van der Waals surface area contributed by atoms with Crippen LogP contribution in [0.25, 0.3) is 0 Å². The third kappa shape index (κ3) is 3.13. The molecule has 0 radical (unpaired) electrons. The Bertz CT molecular complexity index is 494. The van der Waals surface area contributed by atoms with Crippen LogP contribution in [0, 0.1) is 17.2 Å². The lowest BCUT2D eigenvalue weighted by Gasteiger charge is -2.24. The van der Waals surface area contributed by atoms with Gasteiger partial charge in [-0.05, 0) is 30.3 Å². The number of hydrogen-bond acceptors (Lipinski definition) is 5. The Morgan fingerprint density at radius 2 is 2.53 bits per heavy atom. The van der Waals surface area contributed by atoms with E-state index in [1.165, 1.54) is 11.3 Å². The second kappa shape index (κ2) is 6.15. The second-order valence-corrected chi connectivity index (χ2v) is 5.73. The van der Waals surface area contributed by atoms with Crippen LogP contribution in [-0.4, -0.2) is 41.7 Å². The van der Waals surface area contributed by atoms with E-state index in [0.717, 1.165) is 13.0 Å². The first-order valence-electron chi connectivity index (χ1n) is 6.28. The van der Waals surface area contributed by atoms with Crippen LogP contribution in [0.1, 0.15) is 18.9 Å². The maximum atomic E-state index is 12.0. The van der Waals surface area contributed by atoms with Gasteiger partial charge in [-0.1, -0.05) is 6.92 Å². The van der Waals surface area contributed by atoms with Crippen molar-refractivity contribution in [3.63, 3.8) is 0 Å². The molecule has 2 heterocycles. The summed E-state index contributed by atoms with van der Waals surface area (Å²) in [4.78, 5) is 14.0. The first kappa shape index (κ1) is 14.0. The summed E-state index contributed by atoms with van der Waals surface area (Å²) < 4.78 is 0. The Hall–Kier alpha value is -1.42. The van der Waals surface area contributed by atoms with Gasteiger partial charge in [0, 0.05) is 6.04 Å². The Morgan fingerprint density at radius 3 is 3.21 bits per heavy atom. The van der Waals surface area contributed by atoms with Crippen LogP contribution in [0.4, 0.5) is 5.00 Å². The number of carbonyl (C=O) groups is 1. The van der Waals surface area contributed by atoms with Crippen molar-refractivity contribution >= 4 is 22.2 Å². The minimum absolute atomic E-state index is 0.0597. The summed E-state index contributed by atoms with van der Waals surface area (Å²) in [5.74, 6) is 0.278. The molecule has 2 N–H and O–H groups in total. The van der Waals surface area contributed by atoms with E-state index in [-0.39, 0.29) is 25.1 Å². The monoisotopic (exact) mass is 279 g/mol. The van der Waals surface area contributed by atoms with E-state index >= 15 is 0 Å². The number of aliphatic hydroxyl groups excluding tert-OH is 1. The maximum absolute atomic E-state index is 12.0. The van der Waals surface area contributed by atoms with Gasteiger partial charge in [0.1, 0.15) is 11.1 Å². The first-order chi connectivity index (χ1) is 9.15. The summed E-state index contributed by atoms with van der Waals surface area (Å²) in [6, 6.07) is 3.79. The number of carbonyl (C=O) groups excluding carboxylic acids is 1. The van der Waals surface area contributed by atoms with E-state index in [1.54, 1.807) is 11.4 Å². The largest absolute Gasteiger partial charge is 0.395 e. The van der Waals surface area contributed by atoms with Crippen LogP contribution < -0.4 is 5.32 Å². The van der Waals surface area contributed by atoms with Crippen molar-refractivity contribution in [3.05, 3.63) is 17.0 Å². The topological polar surface area (TPSA) is 76.4 Å². The van der Waals surface area contributed by atoms with E-state index in [4.69, 9.17) is 5.26 Å². The number of nitriles is 1. The number of aliphatic hydroxyl groups is 1. The van der Waals surface area contributed by atoms with Gasteiger partial charge < -0.3 is 10.4 Å². The van der Waals surface area contributed by atoms with Crippen molar-refractivity contribution in [2.45, 2.75) is 19.4 Å². The van der Waals surface area contributed by atoms with Crippen LogP contribution in [0.3, 0.4) is 0 Å². The number of nitrogens with zero attached hydrogens (tertiary/aromatic N) is 2. The minimum atomic E-state index is -0.133. The fourth-order valence-corrected chi connectivity index (χ4v) is 3.18. The number of likely N-dealkylation sites (tertiary alicyclic amines) is 1. The van der Waals surface area contributed by atoms with Crippen LogP contribution >= 0.6 is 11.3 Å². The Morgan fingerprint density at radius 1 is 1.74 bits per heavy atom. The average Bonchev–Trinajstić information content (AvgIpc) is 2.96. The fraction of sp³-hybridized carbons (Fsp3) is 0.538. The molecule has 0 spiro atoms. The average molecular weight is 279 g/mol. The molecule has 1 aromatic rings. The number of nitrogens with one attached hydrogen (secondary N) is 1. The normalized spacial score (nSPS) is 23.2.